The van der Waals surface area contributed by atoms with Gasteiger partial charge in [-0.15, -0.1) is 0 Å². The maximum absolute atomic E-state index is 13.4. The van der Waals surface area contributed by atoms with Crippen molar-refractivity contribution in [1.29, 1.82) is 0 Å². The van der Waals surface area contributed by atoms with E-state index in [2.05, 4.69) is 27.8 Å². The summed E-state index contributed by atoms with van der Waals surface area (Å²) in [4.78, 5) is 62.0. The van der Waals surface area contributed by atoms with Gasteiger partial charge >= 0.3 is 0 Å². The zero-order chi connectivity index (χ0) is 30.9. The second-order valence-corrected chi connectivity index (χ2v) is 13.9. The number of hydrogen-bond donors (Lipinski definition) is 5. The number of hydrogen-bond acceptors (Lipinski definition) is 7. The van der Waals surface area contributed by atoms with Crippen molar-refractivity contribution in [1.82, 2.24) is 21.3 Å². The average molecular weight is 602 g/mol. The van der Waals surface area contributed by atoms with Crippen LogP contribution >= 0.6 is 21.6 Å². The van der Waals surface area contributed by atoms with Crippen LogP contribution in [0.2, 0.25) is 0 Å². The Balaban J connectivity index is 5.22. The molecule has 10 nitrogen and oxygen atoms in total. The lowest BCUT2D eigenvalue weighted by Crippen LogP contribution is -2.49. The predicted molar refractivity (Wildman–Crippen MR) is 165 cm³/mol. The highest BCUT2D eigenvalue weighted by molar-refractivity contribution is 8.76. The van der Waals surface area contributed by atoms with Crippen molar-refractivity contribution in [3.8, 4) is 0 Å². The molecule has 0 saturated carbocycles. The smallest absolute Gasteiger partial charge is 0.246 e. The monoisotopic (exact) mass is 601 g/mol. The summed E-state index contributed by atoms with van der Waals surface area (Å²) in [6, 6.07) is -0.0263. The zero-order valence-corrected chi connectivity index (χ0v) is 27.0. The molecule has 0 bridgehead atoms. The highest BCUT2D eigenvalue weighted by Crippen LogP contribution is 2.41. The van der Waals surface area contributed by atoms with Crippen molar-refractivity contribution in [2.24, 2.45) is 22.5 Å². The lowest BCUT2D eigenvalue weighted by Gasteiger charge is -2.38. The summed E-state index contributed by atoms with van der Waals surface area (Å²) >= 11 is 0. The fraction of sp³-hybridized carbons (Fsp3) is 0.750. The number of amides is 5. The number of nitrogens with two attached hydrogens (primary N) is 1. The van der Waals surface area contributed by atoms with Gasteiger partial charge in [-0.25, -0.2) is 0 Å². The Labute approximate surface area is 248 Å². The third-order valence-corrected chi connectivity index (χ3v) is 9.00. The minimum atomic E-state index is -0.999. The number of rotatable bonds is 21. The molecular formula is C28H51N5O5S2. The van der Waals surface area contributed by atoms with Crippen molar-refractivity contribution in [3.05, 3.63) is 12.2 Å². The van der Waals surface area contributed by atoms with Crippen molar-refractivity contribution in [2.75, 3.05) is 31.1 Å². The molecule has 0 aromatic carbocycles. The summed E-state index contributed by atoms with van der Waals surface area (Å²) in [5, 5.41) is 11.6. The van der Waals surface area contributed by atoms with E-state index in [1.54, 1.807) is 42.4 Å². The zero-order valence-electron chi connectivity index (χ0n) is 25.4. The Kier molecular flexibility index (Phi) is 18.0. The summed E-state index contributed by atoms with van der Waals surface area (Å²) in [5.74, 6) is -0.134. The van der Waals surface area contributed by atoms with Gasteiger partial charge in [-0.3, -0.25) is 24.0 Å². The molecule has 5 amide bonds. The molecule has 0 fully saturated rings. The first-order valence-electron chi connectivity index (χ1n) is 13.9. The van der Waals surface area contributed by atoms with Gasteiger partial charge in [0.05, 0.1) is 0 Å². The molecule has 0 aliphatic heterocycles. The summed E-state index contributed by atoms with van der Waals surface area (Å²) in [5.41, 5.74) is 3.85. The van der Waals surface area contributed by atoms with Crippen LogP contribution < -0.4 is 27.0 Å². The standard InChI is InChI=1S/C28H51N5O5S2/c1-9-27(7,25(37)32-14-16-40-39-15-13-30-23(35)19(2)3)18-28(8,17-21(6)24(36)33-20(4)5)26(38)31-12-10-11-22(29)34/h20-21H,2,9-18H2,1,3-8H3,(H2,29,34)(H,30,35)(H,31,38)(H,32,37)(H,33,36). The van der Waals surface area contributed by atoms with E-state index in [4.69, 9.17) is 5.73 Å². The van der Waals surface area contributed by atoms with E-state index in [1.807, 2.05) is 27.7 Å². The minimum Gasteiger partial charge on any atom is -0.370 e. The highest BCUT2D eigenvalue weighted by atomic mass is 33.1. The maximum atomic E-state index is 13.4. The third-order valence-electron chi connectivity index (χ3n) is 6.59. The van der Waals surface area contributed by atoms with Crippen LogP contribution in [0.4, 0.5) is 0 Å². The van der Waals surface area contributed by atoms with Gasteiger partial charge in [0.15, 0.2) is 0 Å². The van der Waals surface area contributed by atoms with E-state index < -0.39 is 22.7 Å². The molecule has 40 heavy (non-hydrogen) atoms. The van der Waals surface area contributed by atoms with E-state index in [0.29, 0.717) is 37.3 Å². The van der Waals surface area contributed by atoms with Crippen LogP contribution in [0.25, 0.3) is 0 Å². The second kappa shape index (κ2) is 19.0. The molecule has 0 radical (unpaired) electrons. The number of nitrogens with one attached hydrogen (secondary N) is 4. The molecule has 0 saturated heterocycles. The van der Waals surface area contributed by atoms with Gasteiger partial charge in [-0.05, 0) is 46.5 Å². The fourth-order valence-corrected chi connectivity index (χ4v) is 6.05. The molecule has 3 unspecified atom stereocenters. The number of carbonyl (C=O) groups excluding carboxylic acids is 5. The summed E-state index contributed by atoms with van der Waals surface area (Å²) in [6.45, 7) is 17.7. The molecule has 0 aliphatic carbocycles. The molecular weight excluding hydrogens is 550 g/mol. The van der Waals surface area contributed by atoms with Crippen molar-refractivity contribution in [3.63, 3.8) is 0 Å². The van der Waals surface area contributed by atoms with Gasteiger partial charge in [0.25, 0.3) is 0 Å². The lowest BCUT2D eigenvalue weighted by atomic mass is 9.67. The average Bonchev–Trinajstić information content (AvgIpc) is 2.86. The Morgan fingerprint density at radius 3 is 1.90 bits per heavy atom. The first kappa shape index (κ1) is 37.8. The van der Waals surface area contributed by atoms with Crippen LogP contribution in [0.15, 0.2) is 12.2 Å². The SMILES string of the molecule is C=C(C)C(=O)NCCSSCCNC(=O)C(C)(CC)CC(C)(CC(C)C(=O)NC(C)C)C(=O)NCCCC(N)=O. The quantitative estimate of drug-likeness (QED) is 0.0768. The summed E-state index contributed by atoms with van der Waals surface area (Å²) in [6.07, 6.45) is 1.62. The lowest BCUT2D eigenvalue weighted by molar-refractivity contribution is -0.139. The Hall–Kier alpha value is -2.21. The topological polar surface area (TPSA) is 159 Å². The summed E-state index contributed by atoms with van der Waals surface area (Å²) < 4.78 is 0. The Morgan fingerprint density at radius 1 is 0.875 bits per heavy atom. The number of primary amides is 1. The normalized spacial score (nSPS) is 14.8. The molecule has 0 aliphatic rings. The highest BCUT2D eigenvalue weighted by Gasteiger charge is 2.45. The minimum absolute atomic E-state index is 0.0263. The molecule has 230 valence electrons. The molecule has 0 heterocycles. The van der Waals surface area contributed by atoms with Crippen LogP contribution in [0.1, 0.15) is 80.6 Å². The molecule has 6 N–H and O–H groups in total. The second-order valence-electron chi connectivity index (χ2n) is 11.2. The first-order chi connectivity index (χ1) is 18.6. The van der Waals surface area contributed by atoms with E-state index in [-0.39, 0.29) is 55.5 Å². The van der Waals surface area contributed by atoms with Crippen molar-refractivity contribution >= 4 is 51.1 Å². The molecule has 12 heteroatoms. The van der Waals surface area contributed by atoms with Gasteiger partial charge in [0, 0.05) is 65.9 Å². The predicted octanol–water partition coefficient (Wildman–Crippen LogP) is 2.92. The van der Waals surface area contributed by atoms with E-state index in [9.17, 15) is 24.0 Å². The van der Waals surface area contributed by atoms with Gasteiger partial charge in [-0.2, -0.15) is 0 Å². The van der Waals surface area contributed by atoms with E-state index in [0.717, 1.165) is 5.75 Å². The van der Waals surface area contributed by atoms with Crippen molar-refractivity contribution in [2.45, 2.75) is 86.6 Å². The van der Waals surface area contributed by atoms with Crippen LogP contribution in [0.3, 0.4) is 0 Å². The molecule has 3 atom stereocenters. The molecule has 0 aromatic heterocycles. The van der Waals surface area contributed by atoms with Crippen LogP contribution in [-0.2, 0) is 24.0 Å². The molecule has 0 spiro atoms. The number of carbonyl (C=O) groups is 5. The van der Waals surface area contributed by atoms with Crippen LogP contribution in [0, 0.1) is 16.7 Å². The van der Waals surface area contributed by atoms with Crippen molar-refractivity contribution < 1.29 is 24.0 Å². The van der Waals surface area contributed by atoms with Gasteiger partial charge in [-0.1, -0.05) is 55.9 Å². The van der Waals surface area contributed by atoms with E-state index in [1.165, 1.54) is 0 Å². The van der Waals surface area contributed by atoms with E-state index >= 15 is 0 Å². The fourth-order valence-electron chi connectivity index (χ4n) is 4.24. The largest absolute Gasteiger partial charge is 0.370 e. The first-order valence-corrected chi connectivity index (χ1v) is 16.4. The van der Waals surface area contributed by atoms with Gasteiger partial charge in [0.1, 0.15) is 0 Å². The molecule has 0 rings (SSSR count). The maximum Gasteiger partial charge on any atom is 0.246 e. The van der Waals surface area contributed by atoms with Gasteiger partial charge in [0.2, 0.25) is 29.5 Å². The molecule has 0 aromatic rings. The Morgan fingerprint density at radius 2 is 1.40 bits per heavy atom. The van der Waals surface area contributed by atoms with Crippen LogP contribution in [-0.4, -0.2) is 66.7 Å². The Bertz CT molecular complexity index is 885. The van der Waals surface area contributed by atoms with Crippen LogP contribution in [0.5, 0.6) is 0 Å². The summed E-state index contributed by atoms with van der Waals surface area (Å²) in [7, 11) is 3.22. The van der Waals surface area contributed by atoms with Gasteiger partial charge < -0.3 is 27.0 Å². The third kappa shape index (κ3) is 15.0.